The van der Waals surface area contributed by atoms with E-state index >= 15 is 0 Å². The molecule has 0 fully saturated rings. The third kappa shape index (κ3) is 2.72. The highest BCUT2D eigenvalue weighted by Gasteiger charge is 2.18. The van der Waals surface area contributed by atoms with Gasteiger partial charge in [-0.2, -0.15) is 11.3 Å². The van der Waals surface area contributed by atoms with Gasteiger partial charge in [0, 0.05) is 0 Å². The van der Waals surface area contributed by atoms with Crippen LogP contribution in [0.5, 0.6) is 11.5 Å². The van der Waals surface area contributed by atoms with Crippen molar-refractivity contribution in [2.45, 2.75) is 19.2 Å². The van der Waals surface area contributed by atoms with Crippen LogP contribution in [0, 0.1) is 13.8 Å². The predicted octanol–water partition coefficient (Wildman–Crippen LogP) is 4.71. The Morgan fingerprint density at radius 2 is 1.58 bits per heavy atom. The standard InChI is InChI=1S/C15H17ClO2S/c1-9-5-13(17-3)14(18-4)6-11(9)15(16)12-8-19-7-10(12)2/h5-8,15H,1-4H3. The van der Waals surface area contributed by atoms with Gasteiger partial charge < -0.3 is 9.47 Å². The van der Waals surface area contributed by atoms with Crippen molar-refractivity contribution >= 4 is 22.9 Å². The molecule has 0 aliphatic heterocycles. The summed E-state index contributed by atoms with van der Waals surface area (Å²) >= 11 is 8.29. The zero-order valence-electron chi connectivity index (χ0n) is 11.5. The summed E-state index contributed by atoms with van der Waals surface area (Å²) in [6.45, 7) is 4.12. The first-order chi connectivity index (χ1) is 9.08. The minimum atomic E-state index is -0.161. The number of hydrogen-bond acceptors (Lipinski definition) is 3. The van der Waals surface area contributed by atoms with Crippen molar-refractivity contribution in [1.82, 2.24) is 0 Å². The fraction of sp³-hybridized carbons (Fsp3) is 0.333. The number of rotatable bonds is 4. The summed E-state index contributed by atoms with van der Waals surface area (Å²) in [5.74, 6) is 1.44. The van der Waals surface area contributed by atoms with Crippen LogP contribution in [-0.4, -0.2) is 14.2 Å². The highest BCUT2D eigenvalue weighted by atomic mass is 35.5. The molecule has 0 saturated carbocycles. The number of methoxy groups -OCH3 is 2. The van der Waals surface area contributed by atoms with Crippen molar-refractivity contribution in [3.05, 3.63) is 45.1 Å². The normalized spacial score (nSPS) is 12.3. The maximum absolute atomic E-state index is 6.62. The lowest BCUT2D eigenvalue weighted by atomic mass is 9.99. The Hall–Kier alpha value is -1.19. The van der Waals surface area contributed by atoms with E-state index in [2.05, 4.69) is 17.7 Å². The van der Waals surface area contributed by atoms with Crippen molar-refractivity contribution < 1.29 is 9.47 Å². The van der Waals surface area contributed by atoms with Crippen LogP contribution in [0.25, 0.3) is 0 Å². The molecule has 2 nitrogen and oxygen atoms in total. The molecule has 0 spiro atoms. The summed E-state index contributed by atoms with van der Waals surface area (Å²) in [6.07, 6.45) is 0. The molecule has 0 radical (unpaired) electrons. The maximum Gasteiger partial charge on any atom is 0.161 e. The third-order valence-corrected chi connectivity index (χ3v) is 4.56. The van der Waals surface area contributed by atoms with Gasteiger partial charge in [-0.25, -0.2) is 0 Å². The molecule has 1 unspecified atom stereocenters. The molecule has 0 aliphatic rings. The van der Waals surface area contributed by atoms with Crippen molar-refractivity contribution in [1.29, 1.82) is 0 Å². The maximum atomic E-state index is 6.62. The van der Waals surface area contributed by atoms with E-state index < -0.39 is 0 Å². The van der Waals surface area contributed by atoms with E-state index in [1.807, 2.05) is 19.1 Å². The topological polar surface area (TPSA) is 18.5 Å². The Morgan fingerprint density at radius 1 is 0.947 bits per heavy atom. The van der Waals surface area contributed by atoms with Gasteiger partial charge >= 0.3 is 0 Å². The molecule has 19 heavy (non-hydrogen) atoms. The van der Waals surface area contributed by atoms with Gasteiger partial charge in [0.05, 0.1) is 19.6 Å². The second kappa shape index (κ2) is 5.85. The molecule has 0 aliphatic carbocycles. The molecular formula is C15H17ClO2S. The Balaban J connectivity index is 2.48. The van der Waals surface area contributed by atoms with E-state index in [1.54, 1.807) is 25.6 Å². The van der Waals surface area contributed by atoms with E-state index in [0.717, 1.165) is 22.4 Å². The van der Waals surface area contributed by atoms with Gasteiger partial charge in [-0.3, -0.25) is 0 Å². The fourth-order valence-electron chi connectivity index (χ4n) is 2.07. The molecule has 2 rings (SSSR count). The van der Waals surface area contributed by atoms with E-state index in [9.17, 15) is 0 Å². The Morgan fingerprint density at radius 3 is 2.11 bits per heavy atom. The summed E-state index contributed by atoms with van der Waals surface area (Å²) in [7, 11) is 3.27. The average Bonchev–Trinajstić information content (AvgIpc) is 2.83. The molecule has 0 amide bonds. The van der Waals surface area contributed by atoms with Crippen molar-refractivity contribution in [3.63, 3.8) is 0 Å². The largest absolute Gasteiger partial charge is 0.493 e. The summed E-state index contributed by atoms with van der Waals surface area (Å²) in [6, 6.07) is 3.92. The number of ether oxygens (including phenoxy) is 2. The molecular weight excluding hydrogens is 280 g/mol. The van der Waals surface area contributed by atoms with Gasteiger partial charge in [-0.1, -0.05) is 0 Å². The molecule has 102 valence electrons. The van der Waals surface area contributed by atoms with E-state index in [-0.39, 0.29) is 5.38 Å². The average molecular weight is 297 g/mol. The second-order valence-electron chi connectivity index (χ2n) is 4.44. The number of alkyl halides is 1. The zero-order chi connectivity index (χ0) is 14.0. The second-order valence-corrected chi connectivity index (χ2v) is 5.62. The van der Waals surface area contributed by atoms with Crippen LogP contribution in [-0.2, 0) is 0 Å². The SMILES string of the molecule is COc1cc(C)c(C(Cl)c2cscc2C)cc1OC. The summed E-state index contributed by atoms with van der Waals surface area (Å²) in [4.78, 5) is 0. The van der Waals surface area contributed by atoms with Crippen molar-refractivity contribution in [2.24, 2.45) is 0 Å². The number of benzene rings is 1. The van der Waals surface area contributed by atoms with Crippen molar-refractivity contribution in [2.75, 3.05) is 14.2 Å². The summed E-state index contributed by atoms with van der Waals surface area (Å²) in [5.41, 5.74) is 4.53. The van der Waals surface area contributed by atoms with E-state index in [0.29, 0.717) is 5.75 Å². The first kappa shape index (κ1) is 14.2. The summed E-state index contributed by atoms with van der Waals surface area (Å²) < 4.78 is 10.6. The zero-order valence-corrected chi connectivity index (χ0v) is 13.1. The number of hydrogen-bond donors (Lipinski definition) is 0. The smallest absolute Gasteiger partial charge is 0.161 e. The van der Waals surface area contributed by atoms with Crippen LogP contribution in [0.3, 0.4) is 0 Å². The molecule has 1 atom stereocenters. The molecule has 4 heteroatoms. The number of aryl methyl sites for hydroxylation is 2. The molecule has 1 aromatic heterocycles. The minimum absolute atomic E-state index is 0.161. The van der Waals surface area contributed by atoms with Crippen LogP contribution in [0.1, 0.15) is 27.6 Å². The van der Waals surface area contributed by atoms with Crippen molar-refractivity contribution in [3.8, 4) is 11.5 Å². The van der Waals surface area contributed by atoms with Gasteiger partial charge in [-0.15, -0.1) is 11.6 Å². The molecule has 0 saturated heterocycles. The number of thiophene rings is 1. The third-order valence-electron chi connectivity index (χ3n) is 3.21. The van der Waals surface area contributed by atoms with Crippen LogP contribution in [0.15, 0.2) is 22.9 Å². The highest BCUT2D eigenvalue weighted by Crippen LogP contribution is 2.39. The Kier molecular flexibility index (Phi) is 4.38. The van der Waals surface area contributed by atoms with E-state index in [4.69, 9.17) is 21.1 Å². The van der Waals surface area contributed by atoms with Crippen LogP contribution in [0.4, 0.5) is 0 Å². The lowest BCUT2D eigenvalue weighted by molar-refractivity contribution is 0.354. The van der Waals surface area contributed by atoms with Gasteiger partial charge in [0.15, 0.2) is 11.5 Å². The molecule has 1 heterocycles. The predicted molar refractivity (Wildman–Crippen MR) is 81.0 cm³/mol. The highest BCUT2D eigenvalue weighted by molar-refractivity contribution is 7.08. The van der Waals surface area contributed by atoms with Crippen LogP contribution in [0.2, 0.25) is 0 Å². The molecule has 0 N–H and O–H groups in total. The van der Waals surface area contributed by atoms with Crippen LogP contribution < -0.4 is 9.47 Å². The first-order valence-corrected chi connectivity index (χ1v) is 7.35. The van der Waals surface area contributed by atoms with Gasteiger partial charge in [0.2, 0.25) is 0 Å². The Bertz CT molecular complexity index is 578. The Labute approximate surface area is 122 Å². The van der Waals surface area contributed by atoms with Gasteiger partial charge in [0.1, 0.15) is 0 Å². The van der Waals surface area contributed by atoms with E-state index in [1.165, 1.54) is 5.56 Å². The minimum Gasteiger partial charge on any atom is -0.493 e. The van der Waals surface area contributed by atoms with Gasteiger partial charge in [-0.05, 0) is 59.0 Å². The molecule has 0 bridgehead atoms. The lowest BCUT2D eigenvalue weighted by Gasteiger charge is -2.16. The van der Waals surface area contributed by atoms with Gasteiger partial charge in [0.25, 0.3) is 0 Å². The molecule has 2 aromatic rings. The lowest BCUT2D eigenvalue weighted by Crippen LogP contribution is -2.00. The molecule has 1 aromatic carbocycles. The fourth-order valence-corrected chi connectivity index (χ4v) is 3.49. The first-order valence-electron chi connectivity index (χ1n) is 5.97. The quantitative estimate of drug-likeness (QED) is 0.761. The number of halogens is 1. The monoisotopic (exact) mass is 296 g/mol. The van der Waals surface area contributed by atoms with Crippen LogP contribution >= 0.6 is 22.9 Å². The summed E-state index contributed by atoms with van der Waals surface area (Å²) in [5, 5.41) is 4.05.